The number of ether oxygens (including phenoxy) is 1. The minimum atomic E-state index is -0.535. The van der Waals surface area contributed by atoms with Gasteiger partial charge in [0.1, 0.15) is 0 Å². The molecule has 0 aromatic heterocycles. The van der Waals surface area contributed by atoms with E-state index in [-0.39, 0.29) is 5.92 Å². The Bertz CT molecular complexity index is 352. The Morgan fingerprint density at radius 2 is 1.90 bits per heavy atom. The summed E-state index contributed by atoms with van der Waals surface area (Å²) in [5, 5.41) is 20.4. The maximum absolute atomic E-state index is 10.7. The highest BCUT2D eigenvalue weighted by molar-refractivity contribution is 5.08. The van der Waals surface area contributed by atoms with Crippen LogP contribution in [0, 0.1) is 34.0 Å². The molecule has 2 fully saturated rings. The van der Waals surface area contributed by atoms with Crippen LogP contribution in [0.5, 0.6) is 0 Å². The largest absolute Gasteiger partial charge is 0.391 e. The first-order chi connectivity index (χ1) is 9.39. The van der Waals surface area contributed by atoms with Crippen LogP contribution in [-0.2, 0) is 4.74 Å². The molecule has 0 amide bonds. The zero-order valence-corrected chi connectivity index (χ0v) is 13.2. The van der Waals surface area contributed by atoms with Gasteiger partial charge in [0.15, 0.2) is 0 Å². The summed E-state index contributed by atoms with van der Waals surface area (Å²) in [6.07, 6.45) is 5.27. The van der Waals surface area contributed by atoms with Crippen molar-refractivity contribution in [2.75, 3.05) is 13.2 Å². The quantitative estimate of drug-likeness (QED) is 0.841. The van der Waals surface area contributed by atoms with Crippen molar-refractivity contribution in [1.29, 1.82) is 5.26 Å². The molecule has 20 heavy (non-hydrogen) atoms. The first-order valence-electron chi connectivity index (χ1n) is 8.06. The van der Waals surface area contributed by atoms with E-state index in [0.717, 1.165) is 45.1 Å². The molecule has 1 saturated heterocycles. The highest BCUT2D eigenvalue weighted by Crippen LogP contribution is 2.48. The summed E-state index contributed by atoms with van der Waals surface area (Å²) in [4.78, 5) is 0. The van der Waals surface area contributed by atoms with Crippen LogP contribution in [0.3, 0.4) is 0 Å². The SMILES string of the molecule is CC(C)(C)C1CCC(C#N)(C(O)C2CCCOC2)CC1. The van der Waals surface area contributed by atoms with Crippen molar-refractivity contribution in [1.82, 2.24) is 0 Å². The van der Waals surface area contributed by atoms with Crippen molar-refractivity contribution in [3.63, 3.8) is 0 Å². The highest BCUT2D eigenvalue weighted by Gasteiger charge is 2.46. The van der Waals surface area contributed by atoms with Gasteiger partial charge in [-0.3, -0.25) is 0 Å². The van der Waals surface area contributed by atoms with Crippen LogP contribution in [0.25, 0.3) is 0 Å². The number of hydrogen-bond donors (Lipinski definition) is 1. The second-order valence-corrected chi connectivity index (χ2v) is 7.83. The van der Waals surface area contributed by atoms with E-state index in [9.17, 15) is 10.4 Å². The van der Waals surface area contributed by atoms with E-state index in [2.05, 4.69) is 26.8 Å². The van der Waals surface area contributed by atoms with Crippen molar-refractivity contribution >= 4 is 0 Å². The summed E-state index contributed by atoms with van der Waals surface area (Å²) >= 11 is 0. The number of aliphatic hydroxyl groups excluding tert-OH is 1. The minimum absolute atomic E-state index is 0.148. The molecule has 0 spiro atoms. The fourth-order valence-electron chi connectivity index (χ4n) is 3.94. The topological polar surface area (TPSA) is 53.2 Å². The second-order valence-electron chi connectivity index (χ2n) is 7.83. The third-order valence-electron chi connectivity index (χ3n) is 5.53. The van der Waals surface area contributed by atoms with Crippen LogP contribution in [0.4, 0.5) is 0 Å². The average Bonchev–Trinajstić information content (AvgIpc) is 2.46. The summed E-state index contributed by atoms with van der Waals surface area (Å²) in [6, 6.07) is 2.48. The number of hydrogen-bond acceptors (Lipinski definition) is 3. The molecule has 1 N–H and O–H groups in total. The summed E-state index contributed by atoms with van der Waals surface area (Å²) in [5.41, 5.74) is -0.229. The lowest BCUT2D eigenvalue weighted by Gasteiger charge is -2.45. The summed E-state index contributed by atoms with van der Waals surface area (Å²) in [5.74, 6) is 0.813. The maximum atomic E-state index is 10.7. The van der Waals surface area contributed by atoms with Gasteiger partial charge in [-0.1, -0.05) is 20.8 Å². The van der Waals surface area contributed by atoms with Gasteiger partial charge in [0.25, 0.3) is 0 Å². The van der Waals surface area contributed by atoms with Crippen molar-refractivity contribution in [3.05, 3.63) is 0 Å². The monoisotopic (exact) mass is 279 g/mol. The standard InChI is InChI=1S/C17H29NO2/c1-16(2,3)14-6-8-17(12-18,9-7-14)15(19)13-5-4-10-20-11-13/h13-15,19H,4-11H2,1-3H3. The Kier molecular flexibility index (Phi) is 4.76. The van der Waals surface area contributed by atoms with Gasteiger partial charge in [0.2, 0.25) is 0 Å². The van der Waals surface area contributed by atoms with Gasteiger partial charge in [-0.25, -0.2) is 0 Å². The zero-order valence-electron chi connectivity index (χ0n) is 13.2. The van der Waals surface area contributed by atoms with E-state index in [1.54, 1.807) is 0 Å². The lowest BCUT2D eigenvalue weighted by Crippen LogP contribution is -2.45. The second kappa shape index (κ2) is 6.03. The molecule has 2 rings (SSSR count). The molecule has 3 heteroatoms. The molecule has 3 nitrogen and oxygen atoms in total. The van der Waals surface area contributed by atoms with E-state index in [4.69, 9.17) is 4.74 Å². The first-order valence-corrected chi connectivity index (χ1v) is 8.06. The third kappa shape index (κ3) is 3.18. The van der Waals surface area contributed by atoms with Crippen LogP contribution in [0.1, 0.15) is 59.3 Å². The highest BCUT2D eigenvalue weighted by atomic mass is 16.5. The van der Waals surface area contributed by atoms with Crippen LogP contribution in [0.15, 0.2) is 0 Å². The molecule has 2 aliphatic rings. The Morgan fingerprint density at radius 3 is 2.35 bits per heavy atom. The van der Waals surface area contributed by atoms with E-state index in [0.29, 0.717) is 17.9 Å². The van der Waals surface area contributed by atoms with Gasteiger partial charge in [-0.15, -0.1) is 0 Å². The van der Waals surface area contributed by atoms with Crippen LogP contribution < -0.4 is 0 Å². The maximum Gasteiger partial charge on any atom is 0.0836 e. The predicted octanol–water partition coefficient (Wildman–Crippen LogP) is 3.52. The van der Waals surface area contributed by atoms with Crippen molar-refractivity contribution < 1.29 is 9.84 Å². The molecule has 2 atom stereocenters. The normalized spacial score (nSPS) is 37.1. The number of nitriles is 1. The zero-order chi connectivity index (χ0) is 14.8. The first kappa shape index (κ1) is 15.8. The lowest BCUT2D eigenvalue weighted by atomic mass is 9.61. The molecule has 0 aromatic carbocycles. The molecule has 0 bridgehead atoms. The molecule has 0 aromatic rings. The Labute approximate surface area is 123 Å². The van der Waals surface area contributed by atoms with E-state index >= 15 is 0 Å². The van der Waals surface area contributed by atoms with Crippen LogP contribution >= 0.6 is 0 Å². The molecule has 2 unspecified atom stereocenters. The van der Waals surface area contributed by atoms with Crippen LogP contribution in [-0.4, -0.2) is 24.4 Å². The van der Waals surface area contributed by atoms with Gasteiger partial charge < -0.3 is 9.84 Å². The van der Waals surface area contributed by atoms with Gasteiger partial charge >= 0.3 is 0 Å². The van der Waals surface area contributed by atoms with Crippen LogP contribution in [0.2, 0.25) is 0 Å². The van der Waals surface area contributed by atoms with Gasteiger partial charge in [0.05, 0.1) is 24.2 Å². The van der Waals surface area contributed by atoms with E-state index in [1.165, 1.54) is 0 Å². The Hall–Kier alpha value is -0.590. The lowest BCUT2D eigenvalue weighted by molar-refractivity contribution is -0.0707. The molecule has 114 valence electrons. The van der Waals surface area contributed by atoms with Gasteiger partial charge in [0, 0.05) is 12.5 Å². The van der Waals surface area contributed by atoms with E-state index < -0.39 is 11.5 Å². The molecular weight excluding hydrogens is 250 g/mol. The predicted molar refractivity (Wildman–Crippen MR) is 79.0 cm³/mol. The fraction of sp³-hybridized carbons (Fsp3) is 0.941. The molecule has 1 saturated carbocycles. The Balaban J connectivity index is 2.03. The van der Waals surface area contributed by atoms with Crippen molar-refractivity contribution in [2.24, 2.45) is 22.7 Å². The molecule has 1 aliphatic carbocycles. The molecule has 1 heterocycles. The molecular formula is C17H29NO2. The molecule has 0 radical (unpaired) electrons. The van der Waals surface area contributed by atoms with Gasteiger partial charge in [-0.05, 0) is 49.9 Å². The number of rotatable bonds is 2. The smallest absolute Gasteiger partial charge is 0.0836 e. The summed E-state index contributed by atoms with van der Waals surface area (Å²) in [7, 11) is 0. The Morgan fingerprint density at radius 1 is 1.25 bits per heavy atom. The van der Waals surface area contributed by atoms with E-state index in [1.807, 2.05) is 0 Å². The van der Waals surface area contributed by atoms with Crippen molar-refractivity contribution in [2.45, 2.75) is 65.4 Å². The number of aliphatic hydroxyl groups is 1. The third-order valence-corrected chi connectivity index (χ3v) is 5.53. The minimum Gasteiger partial charge on any atom is -0.391 e. The average molecular weight is 279 g/mol. The fourth-order valence-corrected chi connectivity index (χ4v) is 3.94. The van der Waals surface area contributed by atoms with Gasteiger partial charge in [-0.2, -0.15) is 5.26 Å². The molecule has 1 aliphatic heterocycles. The van der Waals surface area contributed by atoms with Crippen molar-refractivity contribution in [3.8, 4) is 6.07 Å². The number of nitrogens with zero attached hydrogens (tertiary/aromatic N) is 1. The summed E-state index contributed by atoms with van der Waals surface area (Å²) < 4.78 is 5.49. The summed E-state index contributed by atoms with van der Waals surface area (Å²) in [6.45, 7) is 8.26.